The summed E-state index contributed by atoms with van der Waals surface area (Å²) in [7, 11) is -0.807. The van der Waals surface area contributed by atoms with Crippen LogP contribution in [-0.2, 0) is 9.84 Å². The third-order valence-electron chi connectivity index (χ3n) is 2.36. The summed E-state index contributed by atoms with van der Waals surface area (Å²) in [6.07, 6.45) is 2.93. The molecule has 0 aliphatic carbocycles. The maximum absolute atomic E-state index is 10.9. The lowest BCUT2D eigenvalue weighted by Gasteiger charge is -2.23. The van der Waals surface area contributed by atoms with Crippen molar-refractivity contribution in [2.75, 3.05) is 32.1 Å². The molecule has 86 valence electrons. The van der Waals surface area contributed by atoms with Gasteiger partial charge >= 0.3 is 0 Å². The number of nitrogens with two attached hydrogens (primary N) is 1. The molecule has 0 spiro atoms. The molecule has 0 fully saturated rings. The second-order valence-corrected chi connectivity index (χ2v) is 6.15. The molecule has 5 heteroatoms. The lowest BCUT2D eigenvalue weighted by molar-refractivity contribution is 0.249. The quantitative estimate of drug-likeness (QED) is 0.663. The van der Waals surface area contributed by atoms with Crippen LogP contribution < -0.4 is 5.73 Å². The molecule has 0 aromatic heterocycles. The van der Waals surface area contributed by atoms with Gasteiger partial charge in [-0.2, -0.15) is 0 Å². The molecular formula is C9H22N2O2S. The molecule has 0 saturated heterocycles. The van der Waals surface area contributed by atoms with Gasteiger partial charge in [-0.25, -0.2) is 8.42 Å². The van der Waals surface area contributed by atoms with Crippen LogP contribution in [0.1, 0.15) is 19.8 Å². The summed E-state index contributed by atoms with van der Waals surface area (Å²) >= 11 is 0. The molecule has 0 aromatic rings. The zero-order valence-corrected chi connectivity index (χ0v) is 10.2. The third kappa shape index (κ3) is 7.29. The zero-order chi connectivity index (χ0) is 11.2. The van der Waals surface area contributed by atoms with Crippen LogP contribution >= 0.6 is 0 Å². The highest BCUT2D eigenvalue weighted by molar-refractivity contribution is 7.90. The second kappa shape index (κ2) is 6.37. The fraction of sp³-hybridized carbons (Fsp3) is 1.00. The SMILES string of the molecule is CC(CCN)N(C)CCCS(C)(=O)=O. The Labute approximate surface area is 87.4 Å². The fourth-order valence-electron chi connectivity index (χ4n) is 1.26. The Balaban J connectivity index is 3.68. The van der Waals surface area contributed by atoms with E-state index in [4.69, 9.17) is 5.73 Å². The first-order valence-electron chi connectivity index (χ1n) is 4.95. The van der Waals surface area contributed by atoms with E-state index < -0.39 is 9.84 Å². The number of sulfone groups is 1. The van der Waals surface area contributed by atoms with Crippen molar-refractivity contribution in [2.24, 2.45) is 5.73 Å². The summed E-state index contributed by atoms with van der Waals surface area (Å²) in [6.45, 7) is 3.60. The summed E-state index contributed by atoms with van der Waals surface area (Å²) in [5.41, 5.74) is 5.44. The van der Waals surface area contributed by atoms with Gasteiger partial charge in [0.1, 0.15) is 9.84 Å². The van der Waals surface area contributed by atoms with Crippen molar-refractivity contribution in [1.82, 2.24) is 4.90 Å². The Kier molecular flexibility index (Phi) is 6.31. The van der Waals surface area contributed by atoms with Crippen LogP contribution in [-0.4, -0.2) is 51.5 Å². The molecule has 4 nitrogen and oxygen atoms in total. The van der Waals surface area contributed by atoms with E-state index in [1.54, 1.807) is 0 Å². The van der Waals surface area contributed by atoms with Gasteiger partial charge in [-0.05, 0) is 39.9 Å². The molecule has 0 amide bonds. The highest BCUT2D eigenvalue weighted by Gasteiger charge is 2.09. The van der Waals surface area contributed by atoms with E-state index in [2.05, 4.69) is 11.8 Å². The van der Waals surface area contributed by atoms with Gasteiger partial charge in [-0.15, -0.1) is 0 Å². The minimum absolute atomic E-state index is 0.271. The predicted octanol–water partition coefficient (Wildman–Crippen LogP) is 0.0902. The second-order valence-electron chi connectivity index (χ2n) is 3.89. The molecular weight excluding hydrogens is 200 g/mol. The normalized spacial score (nSPS) is 14.6. The van der Waals surface area contributed by atoms with Crippen molar-refractivity contribution in [3.63, 3.8) is 0 Å². The Bertz CT molecular complexity index is 239. The van der Waals surface area contributed by atoms with Crippen LogP contribution in [0.15, 0.2) is 0 Å². The summed E-state index contributed by atoms with van der Waals surface area (Å²) < 4.78 is 21.7. The van der Waals surface area contributed by atoms with Crippen LogP contribution in [0.5, 0.6) is 0 Å². The van der Waals surface area contributed by atoms with Crippen molar-refractivity contribution < 1.29 is 8.42 Å². The van der Waals surface area contributed by atoms with Gasteiger partial charge in [0.15, 0.2) is 0 Å². The van der Waals surface area contributed by atoms with Crippen LogP contribution in [0.3, 0.4) is 0 Å². The third-order valence-corrected chi connectivity index (χ3v) is 3.39. The van der Waals surface area contributed by atoms with E-state index in [-0.39, 0.29) is 5.75 Å². The molecule has 0 aromatic carbocycles. The minimum atomic E-state index is -2.81. The van der Waals surface area contributed by atoms with Crippen LogP contribution in [0.25, 0.3) is 0 Å². The van der Waals surface area contributed by atoms with Crippen molar-refractivity contribution in [1.29, 1.82) is 0 Å². The van der Waals surface area contributed by atoms with Gasteiger partial charge in [-0.1, -0.05) is 0 Å². The summed E-state index contributed by atoms with van der Waals surface area (Å²) in [5, 5.41) is 0. The molecule has 0 aliphatic rings. The smallest absolute Gasteiger partial charge is 0.147 e. The highest BCUT2D eigenvalue weighted by Crippen LogP contribution is 2.01. The van der Waals surface area contributed by atoms with Gasteiger partial charge in [0.05, 0.1) is 5.75 Å². The molecule has 0 rings (SSSR count). The van der Waals surface area contributed by atoms with Crippen molar-refractivity contribution in [3.8, 4) is 0 Å². The molecule has 0 bridgehead atoms. The van der Waals surface area contributed by atoms with Gasteiger partial charge < -0.3 is 10.6 Å². The Morgan fingerprint density at radius 2 is 2.00 bits per heavy atom. The topological polar surface area (TPSA) is 63.4 Å². The highest BCUT2D eigenvalue weighted by atomic mass is 32.2. The van der Waals surface area contributed by atoms with Crippen LogP contribution in [0.2, 0.25) is 0 Å². The van der Waals surface area contributed by atoms with Gasteiger partial charge in [-0.3, -0.25) is 0 Å². The fourth-order valence-corrected chi connectivity index (χ4v) is 1.91. The van der Waals surface area contributed by atoms with Gasteiger partial charge in [0.25, 0.3) is 0 Å². The predicted molar refractivity (Wildman–Crippen MR) is 60.1 cm³/mol. The van der Waals surface area contributed by atoms with Crippen molar-refractivity contribution in [3.05, 3.63) is 0 Å². The molecule has 2 N–H and O–H groups in total. The van der Waals surface area contributed by atoms with E-state index in [0.717, 1.165) is 13.0 Å². The first kappa shape index (κ1) is 13.9. The standard InChI is InChI=1S/C9H22N2O2S/c1-9(5-6-10)11(2)7-4-8-14(3,12)13/h9H,4-8,10H2,1-3H3. The van der Waals surface area contributed by atoms with Crippen LogP contribution in [0.4, 0.5) is 0 Å². The molecule has 0 saturated carbocycles. The maximum atomic E-state index is 10.9. The lowest BCUT2D eigenvalue weighted by atomic mass is 10.2. The largest absolute Gasteiger partial charge is 0.330 e. The molecule has 1 atom stereocenters. The van der Waals surface area contributed by atoms with E-state index in [0.29, 0.717) is 19.0 Å². The maximum Gasteiger partial charge on any atom is 0.147 e. The molecule has 14 heavy (non-hydrogen) atoms. The summed E-state index contributed by atoms with van der Waals surface area (Å²) in [6, 6.07) is 0.430. The van der Waals surface area contributed by atoms with Crippen molar-refractivity contribution >= 4 is 9.84 Å². The van der Waals surface area contributed by atoms with E-state index in [9.17, 15) is 8.42 Å². The van der Waals surface area contributed by atoms with E-state index in [1.165, 1.54) is 6.26 Å². The van der Waals surface area contributed by atoms with E-state index in [1.807, 2.05) is 7.05 Å². The monoisotopic (exact) mass is 222 g/mol. The number of nitrogens with zero attached hydrogens (tertiary/aromatic N) is 1. The van der Waals surface area contributed by atoms with Crippen molar-refractivity contribution in [2.45, 2.75) is 25.8 Å². The summed E-state index contributed by atoms with van der Waals surface area (Å²) in [4.78, 5) is 2.15. The van der Waals surface area contributed by atoms with Gasteiger partial charge in [0.2, 0.25) is 0 Å². The minimum Gasteiger partial charge on any atom is -0.330 e. The number of hydrogen-bond donors (Lipinski definition) is 1. The lowest BCUT2D eigenvalue weighted by Crippen LogP contribution is -2.32. The number of rotatable bonds is 7. The molecule has 0 heterocycles. The average Bonchev–Trinajstić information content (AvgIpc) is 2.02. The first-order valence-corrected chi connectivity index (χ1v) is 7.01. The summed E-state index contributed by atoms with van der Waals surface area (Å²) in [5.74, 6) is 0.271. The Morgan fingerprint density at radius 3 is 2.43 bits per heavy atom. The van der Waals surface area contributed by atoms with Gasteiger partial charge in [0, 0.05) is 12.3 Å². The molecule has 0 radical (unpaired) electrons. The molecule has 0 aliphatic heterocycles. The Hall–Kier alpha value is -0.130. The molecule has 1 unspecified atom stereocenters. The van der Waals surface area contributed by atoms with Crippen LogP contribution in [0, 0.1) is 0 Å². The zero-order valence-electron chi connectivity index (χ0n) is 9.36. The number of hydrogen-bond acceptors (Lipinski definition) is 4. The first-order chi connectivity index (χ1) is 6.37. The Morgan fingerprint density at radius 1 is 1.43 bits per heavy atom. The van der Waals surface area contributed by atoms with E-state index >= 15 is 0 Å². The average molecular weight is 222 g/mol.